The minimum Gasteiger partial charge on any atom is -0.497 e. The van der Waals surface area contributed by atoms with Crippen LogP contribution >= 0.6 is 0 Å². The van der Waals surface area contributed by atoms with Crippen molar-refractivity contribution in [1.82, 2.24) is 9.88 Å². The highest BCUT2D eigenvalue weighted by Gasteiger charge is 2.42. The summed E-state index contributed by atoms with van der Waals surface area (Å²) >= 11 is 0. The van der Waals surface area contributed by atoms with Crippen molar-refractivity contribution in [2.45, 2.75) is 25.0 Å². The van der Waals surface area contributed by atoms with Crippen LogP contribution in [-0.4, -0.2) is 41.2 Å². The summed E-state index contributed by atoms with van der Waals surface area (Å²) in [5.41, 5.74) is 5.56. The Kier molecular flexibility index (Phi) is 6.30. The van der Waals surface area contributed by atoms with Gasteiger partial charge < -0.3 is 9.84 Å². The van der Waals surface area contributed by atoms with Crippen molar-refractivity contribution in [1.29, 1.82) is 0 Å². The van der Waals surface area contributed by atoms with Crippen molar-refractivity contribution in [2.24, 2.45) is 11.8 Å². The minimum absolute atomic E-state index is 0.135. The molecule has 4 heteroatoms. The van der Waals surface area contributed by atoms with Crippen LogP contribution in [-0.2, 0) is 0 Å². The van der Waals surface area contributed by atoms with E-state index in [9.17, 15) is 5.11 Å². The molecule has 0 saturated carbocycles. The number of aliphatic hydroxyl groups excluding tert-OH is 1. The average molecular weight is 477 g/mol. The van der Waals surface area contributed by atoms with Gasteiger partial charge in [-0.25, -0.2) is 0 Å². The Morgan fingerprint density at radius 3 is 2.56 bits per heavy atom. The van der Waals surface area contributed by atoms with Crippen molar-refractivity contribution in [3.63, 3.8) is 0 Å². The molecule has 0 radical (unpaired) electrons. The van der Waals surface area contributed by atoms with E-state index in [1.807, 2.05) is 24.3 Å². The fourth-order valence-electron chi connectivity index (χ4n) is 6.05. The number of nitrogens with zero attached hydrogens (tertiary/aromatic N) is 2. The lowest BCUT2D eigenvalue weighted by atomic mass is 9.73. The first-order valence-electron chi connectivity index (χ1n) is 12.9. The Balaban J connectivity index is 1.16. The van der Waals surface area contributed by atoms with Crippen molar-refractivity contribution >= 4 is 17.0 Å². The lowest BCUT2D eigenvalue weighted by Gasteiger charge is -2.50. The lowest BCUT2D eigenvalue weighted by Crippen LogP contribution is -2.54. The molecule has 1 aromatic heterocycles. The standard InChI is InChI=1S/C32H32N2O2/c1-36-27-13-14-30-29(20-27)28(15-17-33-30)32(35)31-19-25-16-18-34(31)21-26(25)12-9-22-7-10-24(11-8-22)23-5-3-2-4-6-23/h2-15,17,20,25-26,31-32,35H,16,18-19,21H2,1H3/b12-9+/t25?,26?,31?,32-/m0/s1. The van der Waals surface area contributed by atoms with Gasteiger partial charge >= 0.3 is 0 Å². The quantitative estimate of drug-likeness (QED) is 0.351. The van der Waals surface area contributed by atoms with Gasteiger partial charge in [0.05, 0.1) is 18.7 Å². The molecular weight excluding hydrogens is 444 g/mol. The molecule has 182 valence electrons. The molecule has 3 fully saturated rings. The summed E-state index contributed by atoms with van der Waals surface area (Å²) in [4.78, 5) is 6.98. The third-order valence-corrected chi connectivity index (χ3v) is 8.07. The molecule has 4 unspecified atom stereocenters. The Morgan fingerprint density at radius 2 is 1.81 bits per heavy atom. The molecule has 3 aliphatic rings. The van der Waals surface area contributed by atoms with Crippen molar-refractivity contribution in [3.05, 3.63) is 102 Å². The van der Waals surface area contributed by atoms with Crippen molar-refractivity contribution in [3.8, 4) is 16.9 Å². The molecule has 0 aliphatic carbocycles. The number of benzene rings is 3. The smallest absolute Gasteiger partial charge is 0.119 e. The van der Waals surface area contributed by atoms with Crippen molar-refractivity contribution in [2.75, 3.05) is 20.2 Å². The van der Waals surface area contributed by atoms with Gasteiger partial charge in [0.2, 0.25) is 0 Å². The number of pyridine rings is 1. The summed E-state index contributed by atoms with van der Waals surface area (Å²) in [5, 5.41) is 12.5. The lowest BCUT2D eigenvalue weighted by molar-refractivity contribution is -0.0444. The Labute approximate surface area is 212 Å². The van der Waals surface area contributed by atoms with Gasteiger partial charge in [0, 0.05) is 24.2 Å². The number of hydrogen-bond donors (Lipinski definition) is 1. The molecule has 0 spiro atoms. The third kappa shape index (κ3) is 4.43. The van der Waals surface area contributed by atoms with E-state index in [4.69, 9.17) is 4.74 Å². The highest BCUT2D eigenvalue weighted by atomic mass is 16.5. The molecule has 0 amide bonds. The van der Waals surface area contributed by atoms with Crippen molar-refractivity contribution < 1.29 is 9.84 Å². The second kappa shape index (κ2) is 9.88. The fourth-order valence-corrected chi connectivity index (χ4v) is 6.05. The number of piperidine rings is 3. The van der Waals surface area contributed by atoms with Crippen LogP contribution in [0.3, 0.4) is 0 Å². The first-order chi connectivity index (χ1) is 17.7. The van der Waals surface area contributed by atoms with Crippen LogP contribution in [0.1, 0.15) is 30.1 Å². The maximum Gasteiger partial charge on any atom is 0.119 e. The van der Waals surface area contributed by atoms with Gasteiger partial charge in [-0.05, 0) is 77.7 Å². The van der Waals surface area contributed by atoms with Gasteiger partial charge in [0.25, 0.3) is 0 Å². The molecule has 3 aromatic carbocycles. The largest absolute Gasteiger partial charge is 0.497 e. The number of fused-ring (bicyclic) bond motifs is 4. The fraction of sp³-hybridized carbons (Fsp3) is 0.281. The number of rotatable bonds is 6. The second-order valence-electron chi connectivity index (χ2n) is 10.1. The number of ether oxygens (including phenoxy) is 1. The first kappa shape index (κ1) is 23.0. The van der Waals surface area contributed by atoms with E-state index in [0.717, 1.165) is 41.7 Å². The molecule has 4 nitrogen and oxygen atoms in total. The summed E-state index contributed by atoms with van der Waals surface area (Å²) in [7, 11) is 1.67. The van der Waals surface area contributed by atoms with Crippen LogP contribution in [0.15, 0.2) is 91.1 Å². The average Bonchev–Trinajstić information content (AvgIpc) is 2.96. The first-order valence-corrected chi connectivity index (χ1v) is 12.9. The zero-order chi connectivity index (χ0) is 24.5. The molecule has 36 heavy (non-hydrogen) atoms. The van der Waals surface area contributed by atoms with Crippen LogP contribution in [0.25, 0.3) is 28.1 Å². The predicted octanol–water partition coefficient (Wildman–Crippen LogP) is 6.37. The van der Waals surface area contributed by atoms with E-state index in [0.29, 0.717) is 11.8 Å². The Morgan fingerprint density at radius 1 is 1.00 bits per heavy atom. The Bertz CT molecular complexity index is 1370. The van der Waals surface area contributed by atoms with Crippen LogP contribution in [0, 0.1) is 11.8 Å². The highest BCUT2D eigenvalue weighted by molar-refractivity contribution is 5.84. The summed E-state index contributed by atoms with van der Waals surface area (Å²) < 4.78 is 5.43. The van der Waals surface area contributed by atoms with Gasteiger partial charge in [0.1, 0.15) is 5.75 Å². The highest BCUT2D eigenvalue weighted by Crippen LogP contribution is 2.42. The van der Waals surface area contributed by atoms with Crippen LogP contribution in [0.4, 0.5) is 0 Å². The summed E-state index contributed by atoms with van der Waals surface area (Å²) in [6.07, 6.45) is 8.13. The number of aliphatic hydroxyl groups is 1. The molecule has 1 N–H and O–H groups in total. The van der Waals surface area contributed by atoms with E-state index < -0.39 is 6.10 Å². The third-order valence-electron chi connectivity index (χ3n) is 8.07. The van der Waals surface area contributed by atoms with E-state index in [1.165, 1.54) is 23.1 Å². The molecule has 5 atom stereocenters. The van der Waals surface area contributed by atoms with E-state index in [-0.39, 0.29) is 6.04 Å². The van der Waals surface area contributed by atoms with E-state index >= 15 is 0 Å². The van der Waals surface area contributed by atoms with Crippen LogP contribution < -0.4 is 4.74 Å². The van der Waals surface area contributed by atoms with Crippen LogP contribution in [0.5, 0.6) is 5.75 Å². The van der Waals surface area contributed by atoms with Gasteiger partial charge in [-0.15, -0.1) is 0 Å². The number of hydrogen-bond acceptors (Lipinski definition) is 4. The zero-order valence-corrected chi connectivity index (χ0v) is 20.6. The summed E-state index contributed by atoms with van der Waals surface area (Å²) in [6.45, 7) is 2.05. The number of methoxy groups -OCH3 is 1. The Hall–Kier alpha value is -3.47. The molecule has 3 aliphatic heterocycles. The normalized spacial score (nSPS) is 24.3. The second-order valence-corrected chi connectivity index (χ2v) is 10.1. The zero-order valence-electron chi connectivity index (χ0n) is 20.6. The van der Waals surface area contributed by atoms with E-state index in [1.54, 1.807) is 13.3 Å². The van der Waals surface area contributed by atoms with E-state index in [2.05, 4.69) is 76.6 Å². The molecular formula is C32H32N2O2. The van der Waals surface area contributed by atoms with Gasteiger partial charge in [-0.3, -0.25) is 9.88 Å². The van der Waals surface area contributed by atoms with Gasteiger partial charge in [-0.1, -0.05) is 66.7 Å². The predicted molar refractivity (Wildman–Crippen MR) is 146 cm³/mol. The summed E-state index contributed by atoms with van der Waals surface area (Å²) in [6, 6.07) is 27.3. The van der Waals surface area contributed by atoms with Gasteiger partial charge in [0.15, 0.2) is 0 Å². The van der Waals surface area contributed by atoms with Crippen LogP contribution in [0.2, 0.25) is 0 Å². The molecule has 3 saturated heterocycles. The topological polar surface area (TPSA) is 45.6 Å². The molecule has 4 aromatic rings. The monoisotopic (exact) mass is 476 g/mol. The van der Waals surface area contributed by atoms with Gasteiger partial charge in [-0.2, -0.15) is 0 Å². The molecule has 4 heterocycles. The maximum absolute atomic E-state index is 11.5. The SMILES string of the molecule is COc1ccc2nccc([C@H](O)C3CC4CCN3CC4/C=C/c3ccc(-c4ccccc4)cc3)c2c1. The minimum atomic E-state index is -0.541. The molecule has 7 rings (SSSR count). The molecule has 2 bridgehead atoms. The maximum atomic E-state index is 11.5. The summed E-state index contributed by atoms with van der Waals surface area (Å²) in [5.74, 6) is 1.90. The number of aromatic nitrogens is 1.